The summed E-state index contributed by atoms with van der Waals surface area (Å²) in [5.41, 5.74) is 0.794. The second-order valence-corrected chi connectivity index (χ2v) is 9.05. The van der Waals surface area contributed by atoms with Gasteiger partial charge in [0.25, 0.3) is 11.7 Å². The number of benzene rings is 2. The van der Waals surface area contributed by atoms with Gasteiger partial charge in [-0.1, -0.05) is 18.7 Å². The third-order valence-electron chi connectivity index (χ3n) is 6.57. The number of carbonyl (C=O) groups is 2. The summed E-state index contributed by atoms with van der Waals surface area (Å²) in [4.78, 5) is 30.3. The Bertz CT molecular complexity index is 1190. The minimum Gasteiger partial charge on any atom is -0.507 e. The van der Waals surface area contributed by atoms with Crippen molar-refractivity contribution in [1.29, 1.82) is 0 Å². The Balaban J connectivity index is 1.72. The molecule has 0 spiro atoms. The number of Topliss-reactive ketones (excluding diaryl/α,β-unsaturated/α-hetero) is 1. The lowest BCUT2D eigenvalue weighted by Crippen LogP contribution is -2.39. The maximum atomic E-state index is 13.5. The second-order valence-electron chi connectivity index (χ2n) is 9.05. The molecule has 38 heavy (non-hydrogen) atoms. The molecule has 9 heteroatoms. The molecule has 4 rings (SSSR count). The van der Waals surface area contributed by atoms with Gasteiger partial charge in [0.1, 0.15) is 18.2 Å². The molecule has 1 atom stereocenters. The highest BCUT2D eigenvalue weighted by Crippen LogP contribution is 2.42. The Morgan fingerprint density at radius 3 is 2.53 bits per heavy atom. The first-order chi connectivity index (χ1) is 18.4. The maximum absolute atomic E-state index is 13.5. The average Bonchev–Trinajstić information content (AvgIpc) is 3.18. The van der Waals surface area contributed by atoms with Crippen LogP contribution in [0, 0.1) is 5.82 Å². The van der Waals surface area contributed by atoms with Crippen molar-refractivity contribution in [3.8, 4) is 11.5 Å². The van der Waals surface area contributed by atoms with E-state index < -0.39 is 23.5 Å². The van der Waals surface area contributed by atoms with Crippen molar-refractivity contribution in [2.45, 2.75) is 19.4 Å². The summed E-state index contributed by atoms with van der Waals surface area (Å²) in [6.45, 7) is 10.2. The summed E-state index contributed by atoms with van der Waals surface area (Å²) in [5, 5.41) is 11.2. The molecule has 0 aliphatic carbocycles. The van der Waals surface area contributed by atoms with Crippen LogP contribution in [0.15, 0.2) is 60.7 Å². The fourth-order valence-electron chi connectivity index (χ4n) is 4.74. The van der Waals surface area contributed by atoms with E-state index in [4.69, 9.17) is 14.2 Å². The van der Waals surface area contributed by atoms with E-state index in [1.54, 1.807) is 24.3 Å². The normalized spacial score (nSPS) is 19.5. The number of ether oxygens (including phenoxy) is 3. The van der Waals surface area contributed by atoms with Gasteiger partial charge in [-0.05, 0) is 55.3 Å². The molecule has 1 unspecified atom stereocenters. The number of hydrogen-bond donors (Lipinski definition) is 1. The number of hydrogen-bond acceptors (Lipinski definition) is 7. The van der Waals surface area contributed by atoms with Crippen molar-refractivity contribution >= 4 is 17.4 Å². The Morgan fingerprint density at radius 2 is 1.84 bits per heavy atom. The minimum absolute atomic E-state index is 0.0461. The maximum Gasteiger partial charge on any atom is 0.295 e. The van der Waals surface area contributed by atoms with Gasteiger partial charge < -0.3 is 24.2 Å². The highest BCUT2D eigenvalue weighted by Gasteiger charge is 2.46. The first kappa shape index (κ1) is 27.3. The molecule has 0 bridgehead atoms. The van der Waals surface area contributed by atoms with Gasteiger partial charge in [-0.25, -0.2) is 4.39 Å². The van der Waals surface area contributed by atoms with Crippen molar-refractivity contribution in [2.24, 2.45) is 0 Å². The van der Waals surface area contributed by atoms with Crippen LogP contribution in [0.4, 0.5) is 4.39 Å². The fraction of sp³-hybridized carbons (Fsp3) is 0.379. The zero-order valence-electron chi connectivity index (χ0n) is 21.5. The van der Waals surface area contributed by atoms with E-state index in [1.165, 1.54) is 29.2 Å². The smallest absolute Gasteiger partial charge is 0.295 e. The predicted octanol–water partition coefficient (Wildman–Crippen LogP) is 3.93. The quantitative estimate of drug-likeness (QED) is 0.206. The van der Waals surface area contributed by atoms with Crippen LogP contribution in [0.3, 0.4) is 0 Å². The molecular formula is C29H33FN2O6. The molecule has 2 aliphatic rings. The molecule has 202 valence electrons. The third-order valence-corrected chi connectivity index (χ3v) is 6.57. The summed E-state index contributed by atoms with van der Waals surface area (Å²) in [7, 11) is 0. The van der Waals surface area contributed by atoms with Crippen LogP contribution in [0.25, 0.3) is 5.76 Å². The van der Waals surface area contributed by atoms with Crippen molar-refractivity contribution in [3.05, 3.63) is 77.6 Å². The zero-order chi connectivity index (χ0) is 27.1. The Labute approximate surface area is 221 Å². The number of rotatable bonds is 11. The molecule has 0 saturated carbocycles. The third kappa shape index (κ3) is 6.06. The lowest BCUT2D eigenvalue weighted by atomic mass is 9.95. The molecule has 2 fully saturated rings. The standard InChI is InChI=1S/C29H33FN2O6/c1-3-16-38-23-11-8-21(19-24(23)37-4-2)26-25(27(33)20-6-9-22(30)10-7-20)28(34)29(35)32(26)13-5-12-31-14-17-36-18-15-31/h3,6-11,19,26,33H,1,4-5,12-18H2,2H3. The Morgan fingerprint density at radius 1 is 1.11 bits per heavy atom. The molecular weight excluding hydrogens is 491 g/mol. The molecule has 2 aromatic rings. The van der Waals surface area contributed by atoms with Gasteiger partial charge in [-0.2, -0.15) is 0 Å². The van der Waals surface area contributed by atoms with E-state index in [1.807, 2.05) is 6.92 Å². The Kier molecular flexibility index (Phi) is 9.15. The van der Waals surface area contributed by atoms with Gasteiger partial charge >= 0.3 is 0 Å². The molecule has 1 N–H and O–H groups in total. The average molecular weight is 525 g/mol. The number of amides is 1. The van der Waals surface area contributed by atoms with Gasteiger partial charge in [-0.3, -0.25) is 14.5 Å². The van der Waals surface area contributed by atoms with Gasteiger partial charge in [0.05, 0.1) is 31.4 Å². The number of nitrogens with zero attached hydrogens (tertiary/aromatic N) is 2. The van der Waals surface area contributed by atoms with Crippen LogP contribution in [-0.2, 0) is 14.3 Å². The summed E-state index contributed by atoms with van der Waals surface area (Å²) < 4.78 is 30.4. The van der Waals surface area contributed by atoms with Crippen LogP contribution < -0.4 is 9.47 Å². The molecule has 8 nitrogen and oxygen atoms in total. The van der Waals surface area contributed by atoms with Gasteiger partial charge in [0, 0.05) is 31.7 Å². The van der Waals surface area contributed by atoms with Crippen molar-refractivity contribution in [3.63, 3.8) is 0 Å². The molecule has 2 aliphatic heterocycles. The van der Waals surface area contributed by atoms with Gasteiger partial charge in [-0.15, -0.1) is 0 Å². The lowest BCUT2D eigenvalue weighted by molar-refractivity contribution is -0.140. The van der Waals surface area contributed by atoms with Crippen molar-refractivity contribution in [2.75, 3.05) is 52.6 Å². The second kappa shape index (κ2) is 12.7. The zero-order valence-corrected chi connectivity index (χ0v) is 21.5. The summed E-state index contributed by atoms with van der Waals surface area (Å²) in [6.07, 6.45) is 2.26. The number of aliphatic hydroxyl groups excluding tert-OH is 1. The number of ketones is 1. The number of likely N-dealkylation sites (tertiary alicyclic amines) is 1. The largest absolute Gasteiger partial charge is 0.507 e. The highest BCUT2D eigenvalue weighted by molar-refractivity contribution is 6.46. The van der Waals surface area contributed by atoms with E-state index in [2.05, 4.69) is 11.5 Å². The lowest BCUT2D eigenvalue weighted by Gasteiger charge is -2.29. The van der Waals surface area contributed by atoms with E-state index in [0.717, 1.165) is 19.6 Å². The van der Waals surface area contributed by atoms with Crippen LogP contribution in [0.2, 0.25) is 0 Å². The highest BCUT2D eigenvalue weighted by atomic mass is 19.1. The molecule has 2 saturated heterocycles. The monoisotopic (exact) mass is 524 g/mol. The van der Waals surface area contributed by atoms with Crippen molar-refractivity contribution in [1.82, 2.24) is 9.80 Å². The van der Waals surface area contributed by atoms with E-state index >= 15 is 0 Å². The number of halogens is 1. The van der Waals surface area contributed by atoms with E-state index in [-0.39, 0.29) is 23.5 Å². The molecule has 0 aromatic heterocycles. The van der Waals surface area contributed by atoms with Crippen molar-refractivity contribution < 1.29 is 33.3 Å². The van der Waals surface area contributed by atoms with E-state index in [0.29, 0.717) is 49.8 Å². The van der Waals surface area contributed by atoms with Crippen LogP contribution in [0.5, 0.6) is 11.5 Å². The SMILES string of the molecule is C=CCOc1ccc(C2C(=C(O)c3ccc(F)cc3)C(=O)C(=O)N2CCCN2CCOCC2)cc1OCC. The topological polar surface area (TPSA) is 88.5 Å². The summed E-state index contributed by atoms with van der Waals surface area (Å²) in [5.74, 6) is -1.35. The molecule has 1 amide bonds. The van der Waals surface area contributed by atoms with Crippen LogP contribution >= 0.6 is 0 Å². The molecule has 2 aromatic carbocycles. The number of aliphatic hydroxyl groups is 1. The first-order valence-electron chi connectivity index (χ1n) is 12.8. The number of carbonyl (C=O) groups excluding carboxylic acids is 2. The summed E-state index contributed by atoms with van der Waals surface area (Å²) >= 11 is 0. The molecule has 2 heterocycles. The minimum atomic E-state index is -0.850. The van der Waals surface area contributed by atoms with E-state index in [9.17, 15) is 19.1 Å². The fourth-order valence-corrected chi connectivity index (χ4v) is 4.74. The van der Waals surface area contributed by atoms with Crippen LogP contribution in [0.1, 0.15) is 30.5 Å². The number of morpholine rings is 1. The first-order valence-corrected chi connectivity index (χ1v) is 12.8. The molecule has 0 radical (unpaired) electrons. The van der Waals surface area contributed by atoms with Gasteiger partial charge in [0.2, 0.25) is 0 Å². The van der Waals surface area contributed by atoms with Crippen LogP contribution in [-0.4, -0.2) is 79.2 Å². The Hall–Kier alpha value is -3.69. The summed E-state index contributed by atoms with van der Waals surface area (Å²) in [6, 6.07) is 9.50. The predicted molar refractivity (Wildman–Crippen MR) is 141 cm³/mol. The van der Waals surface area contributed by atoms with Gasteiger partial charge in [0.15, 0.2) is 11.5 Å².